The number of carboxylic acid groups (broad SMARTS) is 1. The van der Waals surface area contributed by atoms with Crippen molar-refractivity contribution < 1.29 is 14.7 Å². The van der Waals surface area contributed by atoms with Crippen LogP contribution in [0.1, 0.15) is 58.8 Å². The van der Waals surface area contributed by atoms with Crippen LogP contribution in [0.15, 0.2) is 0 Å². The Hall–Kier alpha value is -1.06. The number of rotatable bonds is 3. The average Bonchev–Trinajstić information content (AvgIpc) is 2.67. The molecule has 1 aliphatic carbocycles. The second-order valence-corrected chi connectivity index (χ2v) is 6.57. The molecule has 0 spiro atoms. The van der Waals surface area contributed by atoms with E-state index in [1.54, 1.807) is 0 Å². The summed E-state index contributed by atoms with van der Waals surface area (Å²) in [6.45, 7) is 5.00. The minimum atomic E-state index is -0.796. The fourth-order valence-electron chi connectivity index (χ4n) is 3.94. The highest BCUT2D eigenvalue weighted by molar-refractivity contribution is 5.85. The Labute approximate surface area is 121 Å². The molecule has 1 heterocycles. The number of carbonyl (C=O) groups excluding carboxylic acids is 1. The van der Waals surface area contributed by atoms with Gasteiger partial charge in [0.1, 0.15) is 0 Å². The Balaban J connectivity index is 2.13. The SMILES string of the molecule is CCC1CCCCCN1C(=O)[C@H]1CC(C)C[C@H]1C(=O)O. The van der Waals surface area contributed by atoms with Crippen molar-refractivity contribution in [1.29, 1.82) is 0 Å². The van der Waals surface area contributed by atoms with Gasteiger partial charge in [0, 0.05) is 12.6 Å². The Bertz CT molecular complexity index is 369. The molecular weight excluding hydrogens is 254 g/mol. The molecule has 2 rings (SSSR count). The molecule has 1 saturated heterocycles. The molecule has 1 aliphatic heterocycles. The van der Waals surface area contributed by atoms with E-state index < -0.39 is 11.9 Å². The van der Waals surface area contributed by atoms with Crippen LogP contribution in [-0.2, 0) is 9.59 Å². The maximum absolute atomic E-state index is 12.8. The van der Waals surface area contributed by atoms with Crippen LogP contribution in [-0.4, -0.2) is 34.5 Å². The van der Waals surface area contributed by atoms with Gasteiger partial charge in [-0.15, -0.1) is 0 Å². The standard InChI is InChI=1S/C16H27NO3/c1-3-12-7-5-4-6-8-17(12)15(18)13-9-11(2)10-14(13)16(19)20/h11-14H,3-10H2,1-2H3,(H,19,20)/t11?,12?,13-,14+/m0/s1. The number of nitrogens with zero attached hydrogens (tertiary/aromatic N) is 1. The lowest BCUT2D eigenvalue weighted by Gasteiger charge is -2.32. The maximum Gasteiger partial charge on any atom is 0.307 e. The first-order valence-corrected chi connectivity index (χ1v) is 8.07. The van der Waals surface area contributed by atoms with E-state index in [0.29, 0.717) is 18.4 Å². The maximum atomic E-state index is 12.8. The molecule has 0 aromatic rings. The average molecular weight is 281 g/mol. The predicted molar refractivity (Wildman–Crippen MR) is 77.3 cm³/mol. The van der Waals surface area contributed by atoms with Crippen LogP contribution in [0, 0.1) is 17.8 Å². The number of amides is 1. The highest BCUT2D eigenvalue weighted by atomic mass is 16.4. The third-order valence-corrected chi connectivity index (χ3v) is 5.06. The summed E-state index contributed by atoms with van der Waals surface area (Å²) in [5.74, 6) is -1.11. The summed E-state index contributed by atoms with van der Waals surface area (Å²) in [5.41, 5.74) is 0. The van der Waals surface area contributed by atoms with Crippen molar-refractivity contribution in [2.45, 2.75) is 64.8 Å². The smallest absolute Gasteiger partial charge is 0.307 e. The topological polar surface area (TPSA) is 57.6 Å². The molecule has 2 aliphatic rings. The Morgan fingerprint density at radius 3 is 2.50 bits per heavy atom. The molecule has 20 heavy (non-hydrogen) atoms. The highest BCUT2D eigenvalue weighted by Gasteiger charge is 2.43. The number of carboxylic acids is 1. The minimum absolute atomic E-state index is 0.107. The van der Waals surface area contributed by atoms with Gasteiger partial charge in [0.15, 0.2) is 0 Å². The van der Waals surface area contributed by atoms with E-state index in [2.05, 4.69) is 13.8 Å². The largest absolute Gasteiger partial charge is 0.481 e. The van der Waals surface area contributed by atoms with E-state index in [1.165, 1.54) is 12.8 Å². The van der Waals surface area contributed by atoms with Crippen molar-refractivity contribution in [2.75, 3.05) is 6.54 Å². The molecule has 1 saturated carbocycles. The summed E-state index contributed by atoms with van der Waals surface area (Å²) in [7, 11) is 0. The second-order valence-electron chi connectivity index (χ2n) is 6.57. The van der Waals surface area contributed by atoms with Gasteiger partial charge in [0.2, 0.25) is 5.91 Å². The molecule has 0 aromatic carbocycles. The van der Waals surface area contributed by atoms with Gasteiger partial charge >= 0.3 is 5.97 Å². The Morgan fingerprint density at radius 1 is 1.15 bits per heavy atom. The summed E-state index contributed by atoms with van der Waals surface area (Å²) in [5, 5.41) is 9.36. The second kappa shape index (κ2) is 6.59. The molecule has 0 radical (unpaired) electrons. The van der Waals surface area contributed by atoms with Gasteiger partial charge in [0.05, 0.1) is 11.8 Å². The molecule has 4 atom stereocenters. The summed E-state index contributed by atoms with van der Waals surface area (Å²) in [6, 6.07) is 0.315. The fourth-order valence-corrected chi connectivity index (χ4v) is 3.94. The van der Waals surface area contributed by atoms with Gasteiger partial charge in [-0.3, -0.25) is 9.59 Å². The molecular formula is C16H27NO3. The summed E-state index contributed by atoms with van der Waals surface area (Å²) >= 11 is 0. The lowest BCUT2D eigenvalue weighted by atomic mass is 9.93. The molecule has 114 valence electrons. The molecule has 2 unspecified atom stereocenters. The fraction of sp³-hybridized carbons (Fsp3) is 0.875. The first kappa shape index (κ1) is 15.3. The van der Waals surface area contributed by atoms with Crippen molar-refractivity contribution in [2.24, 2.45) is 17.8 Å². The number of hydrogen-bond acceptors (Lipinski definition) is 2. The monoisotopic (exact) mass is 281 g/mol. The van der Waals surface area contributed by atoms with E-state index in [-0.39, 0.29) is 11.8 Å². The van der Waals surface area contributed by atoms with Gasteiger partial charge in [-0.1, -0.05) is 26.7 Å². The third-order valence-electron chi connectivity index (χ3n) is 5.06. The Kier molecular flexibility index (Phi) is 5.06. The number of hydrogen-bond donors (Lipinski definition) is 1. The summed E-state index contributed by atoms with van der Waals surface area (Å²) < 4.78 is 0. The van der Waals surface area contributed by atoms with Crippen LogP contribution in [0.25, 0.3) is 0 Å². The van der Waals surface area contributed by atoms with Crippen LogP contribution >= 0.6 is 0 Å². The quantitative estimate of drug-likeness (QED) is 0.865. The molecule has 2 fully saturated rings. The molecule has 4 heteroatoms. The zero-order valence-corrected chi connectivity index (χ0v) is 12.7. The van der Waals surface area contributed by atoms with E-state index in [4.69, 9.17) is 0 Å². The van der Waals surface area contributed by atoms with Crippen LogP contribution < -0.4 is 0 Å². The van der Waals surface area contributed by atoms with Crippen LogP contribution in [0.5, 0.6) is 0 Å². The molecule has 1 N–H and O–H groups in total. The lowest BCUT2D eigenvalue weighted by molar-refractivity contribution is -0.150. The van der Waals surface area contributed by atoms with Crippen molar-refractivity contribution in [1.82, 2.24) is 4.90 Å². The van der Waals surface area contributed by atoms with E-state index >= 15 is 0 Å². The van der Waals surface area contributed by atoms with Crippen molar-refractivity contribution in [3.63, 3.8) is 0 Å². The molecule has 0 bridgehead atoms. The third kappa shape index (κ3) is 3.15. The van der Waals surface area contributed by atoms with Gasteiger partial charge in [-0.2, -0.15) is 0 Å². The highest BCUT2D eigenvalue weighted by Crippen LogP contribution is 2.38. The zero-order valence-electron chi connectivity index (χ0n) is 12.7. The number of carbonyl (C=O) groups is 2. The van der Waals surface area contributed by atoms with Crippen LogP contribution in [0.4, 0.5) is 0 Å². The number of likely N-dealkylation sites (tertiary alicyclic amines) is 1. The van der Waals surface area contributed by atoms with Crippen molar-refractivity contribution in [3.05, 3.63) is 0 Å². The predicted octanol–water partition coefficient (Wildman–Crippen LogP) is 2.91. The zero-order chi connectivity index (χ0) is 14.7. The first-order valence-electron chi connectivity index (χ1n) is 8.07. The van der Waals surface area contributed by atoms with Gasteiger partial charge < -0.3 is 10.0 Å². The number of aliphatic carboxylic acids is 1. The first-order chi connectivity index (χ1) is 9.54. The lowest BCUT2D eigenvalue weighted by Crippen LogP contribution is -2.44. The minimum Gasteiger partial charge on any atom is -0.481 e. The Morgan fingerprint density at radius 2 is 1.85 bits per heavy atom. The van der Waals surface area contributed by atoms with Gasteiger partial charge in [-0.05, 0) is 38.0 Å². The van der Waals surface area contributed by atoms with Gasteiger partial charge in [-0.25, -0.2) is 0 Å². The van der Waals surface area contributed by atoms with Crippen LogP contribution in [0.2, 0.25) is 0 Å². The van der Waals surface area contributed by atoms with Gasteiger partial charge in [0.25, 0.3) is 0 Å². The van der Waals surface area contributed by atoms with E-state index in [0.717, 1.165) is 32.2 Å². The normalized spacial score (nSPS) is 34.8. The summed E-state index contributed by atoms with van der Waals surface area (Å²) in [6.07, 6.45) is 6.87. The molecule has 1 amide bonds. The van der Waals surface area contributed by atoms with Crippen molar-refractivity contribution in [3.8, 4) is 0 Å². The van der Waals surface area contributed by atoms with Crippen molar-refractivity contribution >= 4 is 11.9 Å². The van der Waals surface area contributed by atoms with E-state index in [1.807, 2.05) is 4.90 Å². The molecule has 0 aromatic heterocycles. The van der Waals surface area contributed by atoms with E-state index in [9.17, 15) is 14.7 Å². The van der Waals surface area contributed by atoms with Crippen LogP contribution in [0.3, 0.4) is 0 Å². The molecule has 4 nitrogen and oxygen atoms in total. The summed E-state index contributed by atoms with van der Waals surface area (Å²) in [4.78, 5) is 26.2.